The highest BCUT2D eigenvalue weighted by atomic mass is 35.5. The van der Waals surface area contributed by atoms with Crippen LogP contribution in [0.25, 0.3) is 0 Å². The Balaban J connectivity index is 1.92. The van der Waals surface area contributed by atoms with E-state index in [0.717, 1.165) is 17.7 Å². The number of ether oxygens (including phenoxy) is 1. The van der Waals surface area contributed by atoms with E-state index in [9.17, 15) is 17.6 Å². The minimum Gasteiger partial charge on any atom is -0.495 e. The molecule has 3 rings (SSSR count). The maximum Gasteiger partial charge on any atom is 0.244 e. The lowest BCUT2D eigenvalue weighted by Crippen LogP contribution is -2.45. The maximum absolute atomic E-state index is 14.1. The van der Waals surface area contributed by atoms with Crippen molar-refractivity contribution in [1.29, 1.82) is 0 Å². The van der Waals surface area contributed by atoms with Gasteiger partial charge in [-0.2, -0.15) is 4.72 Å². The van der Waals surface area contributed by atoms with Crippen LogP contribution in [0.2, 0.25) is 5.02 Å². The highest BCUT2D eigenvalue weighted by molar-refractivity contribution is 7.89. The van der Waals surface area contributed by atoms with Crippen molar-refractivity contribution in [2.45, 2.75) is 17.4 Å². The molecule has 0 aromatic heterocycles. The van der Waals surface area contributed by atoms with Crippen molar-refractivity contribution in [3.8, 4) is 5.75 Å². The third-order valence-corrected chi connectivity index (χ3v) is 6.18. The Labute approximate surface area is 185 Å². The molecule has 2 N–H and O–H groups in total. The summed E-state index contributed by atoms with van der Waals surface area (Å²) in [4.78, 5) is 12.5. The van der Waals surface area contributed by atoms with Gasteiger partial charge in [0.1, 0.15) is 22.5 Å². The lowest BCUT2D eigenvalue weighted by molar-refractivity contribution is -0.117. The number of hydrogen-bond donors (Lipinski definition) is 2. The van der Waals surface area contributed by atoms with E-state index in [-0.39, 0.29) is 12.1 Å². The van der Waals surface area contributed by atoms with Crippen LogP contribution in [-0.2, 0) is 21.2 Å². The standard InChI is InChI=1S/C22H20ClFN2O4S/c1-30-20-12-11-16(23)14-18(20)25-22(27)19(13-15-7-3-2-4-8-15)26-31(28,29)21-10-6-5-9-17(21)24/h2-12,14,19,26H,13H2,1H3,(H,25,27)/t19-/m0/s1. The van der Waals surface area contributed by atoms with Crippen LogP contribution < -0.4 is 14.8 Å². The highest BCUT2D eigenvalue weighted by Gasteiger charge is 2.28. The van der Waals surface area contributed by atoms with Crippen molar-refractivity contribution in [3.05, 3.63) is 89.2 Å². The second-order valence-corrected chi connectivity index (χ2v) is 8.75. The fourth-order valence-corrected chi connectivity index (χ4v) is 4.40. The smallest absolute Gasteiger partial charge is 0.244 e. The largest absolute Gasteiger partial charge is 0.495 e. The summed E-state index contributed by atoms with van der Waals surface area (Å²) < 4.78 is 47.3. The Kier molecular flexibility index (Phi) is 7.27. The molecule has 9 heteroatoms. The molecule has 0 aliphatic carbocycles. The van der Waals surface area contributed by atoms with Crippen molar-refractivity contribution < 1.29 is 22.3 Å². The summed E-state index contributed by atoms with van der Waals surface area (Å²) in [5.74, 6) is -1.21. The Bertz CT molecular complexity index is 1170. The molecular weight excluding hydrogens is 443 g/mol. The molecule has 0 unspecified atom stereocenters. The fourth-order valence-electron chi connectivity index (χ4n) is 2.95. The van der Waals surface area contributed by atoms with Crippen molar-refractivity contribution in [2.75, 3.05) is 12.4 Å². The van der Waals surface area contributed by atoms with Crippen LogP contribution in [0.1, 0.15) is 5.56 Å². The van der Waals surface area contributed by atoms with Crippen molar-refractivity contribution >= 4 is 33.2 Å². The summed E-state index contributed by atoms with van der Waals surface area (Å²) in [6, 6.07) is 17.3. The minimum atomic E-state index is -4.31. The molecule has 0 saturated carbocycles. The topological polar surface area (TPSA) is 84.5 Å². The van der Waals surface area contributed by atoms with Gasteiger partial charge in [0.05, 0.1) is 12.8 Å². The third kappa shape index (κ3) is 5.81. The third-order valence-electron chi connectivity index (χ3n) is 4.44. The molecule has 3 aromatic rings. The van der Waals surface area contributed by atoms with Gasteiger partial charge >= 0.3 is 0 Å². The van der Waals surface area contributed by atoms with Crippen LogP contribution in [0.4, 0.5) is 10.1 Å². The molecule has 6 nitrogen and oxygen atoms in total. The van der Waals surface area contributed by atoms with Crippen LogP contribution in [-0.4, -0.2) is 27.5 Å². The van der Waals surface area contributed by atoms with E-state index in [1.807, 2.05) is 0 Å². The van der Waals surface area contributed by atoms with Gasteiger partial charge in [0.15, 0.2) is 0 Å². The molecule has 0 heterocycles. The zero-order valence-corrected chi connectivity index (χ0v) is 18.1. The summed E-state index contributed by atoms with van der Waals surface area (Å²) in [6.45, 7) is 0. The van der Waals surface area contributed by atoms with Crippen LogP contribution >= 0.6 is 11.6 Å². The van der Waals surface area contributed by atoms with Crippen LogP contribution in [0.3, 0.4) is 0 Å². The monoisotopic (exact) mass is 462 g/mol. The number of methoxy groups -OCH3 is 1. The molecule has 0 fully saturated rings. The van der Waals surface area contributed by atoms with Gasteiger partial charge in [-0.05, 0) is 42.3 Å². The van der Waals surface area contributed by atoms with E-state index in [0.29, 0.717) is 10.8 Å². The number of sulfonamides is 1. The Morgan fingerprint density at radius 1 is 1.06 bits per heavy atom. The second-order valence-electron chi connectivity index (χ2n) is 6.63. The van der Waals surface area contributed by atoms with Gasteiger partial charge in [-0.15, -0.1) is 0 Å². The SMILES string of the molecule is COc1ccc(Cl)cc1NC(=O)[C@H](Cc1ccccc1)NS(=O)(=O)c1ccccc1F. The number of benzene rings is 3. The van der Waals surface area contributed by atoms with Gasteiger partial charge in [-0.3, -0.25) is 4.79 Å². The first-order valence-electron chi connectivity index (χ1n) is 9.25. The van der Waals surface area contributed by atoms with E-state index in [4.69, 9.17) is 16.3 Å². The van der Waals surface area contributed by atoms with Crippen LogP contribution in [0.5, 0.6) is 5.75 Å². The number of carbonyl (C=O) groups excluding carboxylic acids is 1. The lowest BCUT2D eigenvalue weighted by atomic mass is 10.1. The normalized spacial score (nSPS) is 12.2. The molecule has 3 aromatic carbocycles. The molecule has 0 saturated heterocycles. The number of rotatable bonds is 8. The van der Waals surface area contributed by atoms with E-state index >= 15 is 0 Å². The van der Waals surface area contributed by atoms with Gasteiger partial charge in [0.25, 0.3) is 0 Å². The predicted octanol–water partition coefficient (Wildman–Crippen LogP) is 4.02. The summed E-state index contributed by atoms with van der Waals surface area (Å²) in [5, 5.41) is 3.01. The van der Waals surface area contributed by atoms with E-state index in [1.165, 1.54) is 25.3 Å². The summed E-state index contributed by atoms with van der Waals surface area (Å²) in [7, 11) is -2.88. The Hall–Kier alpha value is -2.94. The quantitative estimate of drug-likeness (QED) is 0.529. The molecule has 0 aliphatic rings. The zero-order chi connectivity index (χ0) is 22.4. The summed E-state index contributed by atoms with van der Waals surface area (Å²) >= 11 is 6.01. The van der Waals surface area contributed by atoms with E-state index in [1.54, 1.807) is 42.5 Å². The lowest BCUT2D eigenvalue weighted by Gasteiger charge is -2.20. The molecule has 1 amide bonds. The molecule has 0 radical (unpaired) electrons. The number of halogens is 2. The van der Waals surface area contributed by atoms with Crippen molar-refractivity contribution in [2.24, 2.45) is 0 Å². The number of anilines is 1. The molecule has 1 atom stereocenters. The number of carbonyl (C=O) groups is 1. The van der Waals surface area contributed by atoms with Crippen molar-refractivity contribution in [3.63, 3.8) is 0 Å². The Morgan fingerprint density at radius 2 is 1.74 bits per heavy atom. The minimum absolute atomic E-state index is 0.0449. The summed E-state index contributed by atoms with van der Waals surface area (Å²) in [6.07, 6.45) is 0.0449. The fraction of sp³-hybridized carbons (Fsp3) is 0.136. The van der Waals surface area contributed by atoms with Gasteiger partial charge in [-0.1, -0.05) is 54.1 Å². The number of nitrogens with one attached hydrogen (secondary N) is 2. The molecule has 0 bridgehead atoms. The van der Waals surface area contributed by atoms with E-state index < -0.39 is 32.7 Å². The predicted molar refractivity (Wildman–Crippen MR) is 117 cm³/mol. The average Bonchev–Trinajstić information content (AvgIpc) is 2.74. The second kappa shape index (κ2) is 9.91. The number of amides is 1. The molecule has 31 heavy (non-hydrogen) atoms. The van der Waals surface area contributed by atoms with Gasteiger partial charge in [-0.25, -0.2) is 12.8 Å². The molecule has 0 spiro atoms. The molecule has 162 valence electrons. The van der Waals surface area contributed by atoms with Crippen LogP contribution in [0.15, 0.2) is 77.7 Å². The molecule has 0 aliphatic heterocycles. The van der Waals surface area contributed by atoms with E-state index in [2.05, 4.69) is 10.0 Å². The first kappa shape index (κ1) is 22.7. The molecular formula is C22H20ClFN2O4S. The van der Waals surface area contributed by atoms with Crippen LogP contribution in [0, 0.1) is 5.82 Å². The van der Waals surface area contributed by atoms with Gasteiger partial charge in [0, 0.05) is 5.02 Å². The first-order chi connectivity index (χ1) is 14.8. The summed E-state index contributed by atoms with van der Waals surface area (Å²) in [5.41, 5.74) is 1.00. The Morgan fingerprint density at radius 3 is 2.42 bits per heavy atom. The number of hydrogen-bond acceptors (Lipinski definition) is 4. The van der Waals surface area contributed by atoms with Crippen molar-refractivity contribution in [1.82, 2.24) is 4.72 Å². The van der Waals surface area contributed by atoms with Gasteiger partial charge < -0.3 is 10.1 Å². The maximum atomic E-state index is 14.1. The first-order valence-corrected chi connectivity index (χ1v) is 11.1. The van der Waals surface area contributed by atoms with Gasteiger partial charge in [0.2, 0.25) is 15.9 Å². The average molecular weight is 463 g/mol. The zero-order valence-electron chi connectivity index (χ0n) is 16.5. The highest BCUT2D eigenvalue weighted by Crippen LogP contribution is 2.28.